The van der Waals surface area contributed by atoms with Gasteiger partial charge in [-0.3, -0.25) is 4.98 Å². The fraction of sp³-hybridized carbons (Fsp3) is 0.545. The van der Waals surface area contributed by atoms with E-state index in [4.69, 9.17) is 0 Å². The largest absolute Gasteiger partial charge is 0.310 e. The SMILES string of the molecule is CC(C)CNCc1ncn(Cc2cncs2)n1. The van der Waals surface area contributed by atoms with Crippen LogP contribution in [0.4, 0.5) is 0 Å². The standard InChI is InChI=1S/C11H17N5S/c1-9(2)3-12-5-11-14-7-16(15-11)6-10-4-13-8-17-10/h4,7-9,12H,3,5-6H2,1-2H3. The Bertz CT molecular complexity index is 434. The van der Waals surface area contributed by atoms with Crippen LogP contribution >= 0.6 is 11.3 Å². The van der Waals surface area contributed by atoms with E-state index >= 15 is 0 Å². The van der Waals surface area contributed by atoms with E-state index in [0.717, 1.165) is 25.5 Å². The molecule has 2 heterocycles. The van der Waals surface area contributed by atoms with E-state index in [1.54, 1.807) is 17.7 Å². The predicted octanol–water partition coefficient (Wildman–Crippen LogP) is 1.53. The first-order chi connectivity index (χ1) is 8.24. The van der Waals surface area contributed by atoms with Crippen molar-refractivity contribution in [1.29, 1.82) is 0 Å². The number of hydrogen-bond donors (Lipinski definition) is 1. The van der Waals surface area contributed by atoms with Gasteiger partial charge < -0.3 is 5.32 Å². The summed E-state index contributed by atoms with van der Waals surface area (Å²) in [6, 6.07) is 0. The molecule has 0 aliphatic heterocycles. The van der Waals surface area contributed by atoms with E-state index in [1.165, 1.54) is 4.88 Å². The fourth-order valence-corrected chi connectivity index (χ4v) is 2.03. The fourth-order valence-electron chi connectivity index (χ4n) is 1.44. The summed E-state index contributed by atoms with van der Waals surface area (Å²) in [6.45, 7) is 6.84. The molecule has 0 radical (unpaired) electrons. The van der Waals surface area contributed by atoms with Crippen molar-refractivity contribution in [3.63, 3.8) is 0 Å². The Hall–Kier alpha value is -1.27. The maximum atomic E-state index is 4.40. The minimum Gasteiger partial charge on any atom is -0.310 e. The van der Waals surface area contributed by atoms with Crippen LogP contribution in [0.3, 0.4) is 0 Å². The number of aromatic nitrogens is 4. The third-order valence-electron chi connectivity index (χ3n) is 2.22. The zero-order chi connectivity index (χ0) is 12.1. The van der Waals surface area contributed by atoms with Crippen molar-refractivity contribution in [2.45, 2.75) is 26.9 Å². The first-order valence-electron chi connectivity index (χ1n) is 5.70. The molecular formula is C11H17N5S. The molecule has 0 amide bonds. The Morgan fingerprint density at radius 1 is 1.47 bits per heavy atom. The van der Waals surface area contributed by atoms with Crippen molar-refractivity contribution in [2.75, 3.05) is 6.54 Å². The molecule has 2 rings (SSSR count). The zero-order valence-electron chi connectivity index (χ0n) is 10.1. The molecule has 0 saturated heterocycles. The summed E-state index contributed by atoms with van der Waals surface area (Å²) in [5, 5.41) is 7.73. The maximum absolute atomic E-state index is 4.40. The van der Waals surface area contributed by atoms with Crippen LogP contribution < -0.4 is 5.32 Å². The molecule has 0 atom stereocenters. The first-order valence-corrected chi connectivity index (χ1v) is 6.58. The molecule has 0 aromatic carbocycles. The van der Waals surface area contributed by atoms with E-state index in [0.29, 0.717) is 5.92 Å². The normalized spacial score (nSPS) is 11.2. The van der Waals surface area contributed by atoms with E-state index in [1.807, 2.05) is 16.4 Å². The van der Waals surface area contributed by atoms with Crippen LogP contribution in [0.2, 0.25) is 0 Å². The smallest absolute Gasteiger partial charge is 0.164 e. The molecule has 0 bridgehead atoms. The highest BCUT2D eigenvalue weighted by Gasteiger charge is 2.02. The number of nitrogens with zero attached hydrogens (tertiary/aromatic N) is 4. The molecule has 0 saturated carbocycles. The van der Waals surface area contributed by atoms with E-state index in [9.17, 15) is 0 Å². The Kier molecular flexibility index (Phi) is 4.22. The summed E-state index contributed by atoms with van der Waals surface area (Å²) in [4.78, 5) is 9.50. The Morgan fingerprint density at radius 2 is 2.35 bits per heavy atom. The van der Waals surface area contributed by atoms with Crippen LogP contribution in [-0.4, -0.2) is 26.3 Å². The molecule has 0 aliphatic carbocycles. The predicted molar refractivity (Wildman–Crippen MR) is 67.8 cm³/mol. The topological polar surface area (TPSA) is 55.6 Å². The highest BCUT2D eigenvalue weighted by molar-refractivity contribution is 7.09. The molecule has 0 spiro atoms. The molecular weight excluding hydrogens is 234 g/mol. The van der Waals surface area contributed by atoms with Crippen molar-refractivity contribution in [3.8, 4) is 0 Å². The van der Waals surface area contributed by atoms with Gasteiger partial charge in [-0.05, 0) is 12.5 Å². The Labute approximate surface area is 105 Å². The third kappa shape index (κ3) is 3.90. The van der Waals surface area contributed by atoms with E-state index in [2.05, 4.69) is 34.2 Å². The number of thiazole rings is 1. The van der Waals surface area contributed by atoms with Crippen molar-refractivity contribution in [3.05, 3.63) is 28.7 Å². The highest BCUT2D eigenvalue weighted by atomic mass is 32.1. The molecule has 5 nitrogen and oxygen atoms in total. The minimum atomic E-state index is 0.647. The number of nitrogens with one attached hydrogen (secondary N) is 1. The second kappa shape index (κ2) is 5.88. The second-order valence-corrected chi connectivity index (χ2v) is 5.32. The van der Waals surface area contributed by atoms with Gasteiger partial charge in [-0.15, -0.1) is 11.3 Å². The summed E-state index contributed by atoms with van der Waals surface area (Å²) in [7, 11) is 0. The summed E-state index contributed by atoms with van der Waals surface area (Å²) < 4.78 is 1.85. The summed E-state index contributed by atoms with van der Waals surface area (Å²) in [5.41, 5.74) is 1.83. The summed E-state index contributed by atoms with van der Waals surface area (Å²) >= 11 is 1.63. The maximum Gasteiger partial charge on any atom is 0.164 e. The zero-order valence-corrected chi connectivity index (χ0v) is 10.9. The van der Waals surface area contributed by atoms with Gasteiger partial charge in [0.25, 0.3) is 0 Å². The lowest BCUT2D eigenvalue weighted by Crippen LogP contribution is -2.19. The van der Waals surface area contributed by atoms with Gasteiger partial charge in [0, 0.05) is 11.1 Å². The number of hydrogen-bond acceptors (Lipinski definition) is 5. The van der Waals surface area contributed by atoms with Gasteiger partial charge in [-0.2, -0.15) is 5.10 Å². The highest BCUT2D eigenvalue weighted by Crippen LogP contribution is 2.06. The van der Waals surface area contributed by atoms with Gasteiger partial charge in [0.15, 0.2) is 5.82 Å². The van der Waals surface area contributed by atoms with E-state index < -0.39 is 0 Å². The number of rotatable bonds is 6. The molecule has 2 aromatic rings. The molecule has 0 aliphatic rings. The van der Waals surface area contributed by atoms with Gasteiger partial charge in [0.2, 0.25) is 0 Å². The monoisotopic (exact) mass is 251 g/mol. The average molecular weight is 251 g/mol. The minimum absolute atomic E-state index is 0.647. The second-order valence-electron chi connectivity index (χ2n) is 4.35. The first kappa shape index (κ1) is 12.2. The molecule has 2 aromatic heterocycles. The van der Waals surface area contributed by atoms with Crippen LogP contribution in [0.15, 0.2) is 18.0 Å². The van der Waals surface area contributed by atoms with Crippen LogP contribution in [0.1, 0.15) is 24.5 Å². The molecule has 1 N–H and O–H groups in total. The van der Waals surface area contributed by atoms with Gasteiger partial charge >= 0.3 is 0 Å². The summed E-state index contributed by atoms with van der Waals surface area (Å²) in [5.74, 6) is 1.49. The van der Waals surface area contributed by atoms with Gasteiger partial charge in [-0.1, -0.05) is 13.8 Å². The van der Waals surface area contributed by atoms with Crippen LogP contribution in [-0.2, 0) is 13.1 Å². The van der Waals surface area contributed by atoms with Crippen molar-refractivity contribution < 1.29 is 0 Å². The van der Waals surface area contributed by atoms with Crippen molar-refractivity contribution in [2.24, 2.45) is 5.92 Å². The Balaban J connectivity index is 1.83. The molecule has 6 heteroatoms. The lowest BCUT2D eigenvalue weighted by Gasteiger charge is -2.04. The van der Waals surface area contributed by atoms with Gasteiger partial charge in [-0.25, -0.2) is 9.67 Å². The van der Waals surface area contributed by atoms with E-state index in [-0.39, 0.29) is 0 Å². The summed E-state index contributed by atoms with van der Waals surface area (Å²) in [6.07, 6.45) is 3.63. The molecule has 0 unspecified atom stereocenters. The van der Waals surface area contributed by atoms with Crippen LogP contribution in [0.25, 0.3) is 0 Å². The van der Waals surface area contributed by atoms with Gasteiger partial charge in [0.1, 0.15) is 6.33 Å². The lowest BCUT2D eigenvalue weighted by atomic mass is 10.2. The lowest BCUT2D eigenvalue weighted by molar-refractivity contribution is 0.540. The van der Waals surface area contributed by atoms with Crippen molar-refractivity contribution >= 4 is 11.3 Å². The van der Waals surface area contributed by atoms with Gasteiger partial charge in [0.05, 0.1) is 18.6 Å². The van der Waals surface area contributed by atoms with Crippen LogP contribution in [0.5, 0.6) is 0 Å². The van der Waals surface area contributed by atoms with Crippen LogP contribution in [0, 0.1) is 5.92 Å². The molecule has 92 valence electrons. The molecule has 0 fully saturated rings. The molecule has 17 heavy (non-hydrogen) atoms. The Morgan fingerprint density at radius 3 is 3.06 bits per heavy atom. The average Bonchev–Trinajstić information content (AvgIpc) is 2.90. The quantitative estimate of drug-likeness (QED) is 0.846. The van der Waals surface area contributed by atoms with Crippen molar-refractivity contribution in [1.82, 2.24) is 25.1 Å². The third-order valence-corrected chi connectivity index (χ3v) is 2.99.